The molecule has 0 bridgehead atoms. The Labute approximate surface area is 119 Å². The fourth-order valence-corrected chi connectivity index (χ4v) is 2.04. The molecule has 0 aliphatic carbocycles. The van der Waals surface area contributed by atoms with E-state index < -0.39 is 0 Å². The average Bonchev–Trinajstić information content (AvgIpc) is 2.36. The normalized spacial score (nSPS) is 10.3. The Morgan fingerprint density at radius 3 is 2.79 bits per heavy atom. The van der Waals surface area contributed by atoms with Crippen molar-refractivity contribution in [3.8, 4) is 0 Å². The molecule has 5 heteroatoms. The maximum Gasteiger partial charge on any atom is 0.257 e. The summed E-state index contributed by atoms with van der Waals surface area (Å²) in [6, 6.07) is 6.32. The van der Waals surface area contributed by atoms with Crippen LogP contribution in [0.2, 0.25) is 0 Å². The molecule has 0 aliphatic heterocycles. The molecule has 0 aliphatic rings. The molecule has 1 heterocycles. The largest absolute Gasteiger partial charge is 0.322 e. The van der Waals surface area contributed by atoms with Gasteiger partial charge in [0.15, 0.2) is 0 Å². The van der Waals surface area contributed by atoms with Gasteiger partial charge in [-0.25, -0.2) is 4.39 Å². The second kappa shape index (κ2) is 5.48. The molecule has 2 rings (SSSR count). The summed E-state index contributed by atoms with van der Waals surface area (Å²) in [5.41, 5.74) is 2.39. The number of halogens is 2. The van der Waals surface area contributed by atoms with Gasteiger partial charge in [-0.1, -0.05) is 0 Å². The molecule has 0 fully saturated rings. The number of nitrogens with one attached hydrogen (secondary N) is 1. The van der Waals surface area contributed by atoms with Crippen LogP contribution in [-0.4, -0.2) is 10.9 Å². The lowest BCUT2D eigenvalue weighted by Gasteiger charge is -2.10. The molecule has 0 saturated heterocycles. The van der Waals surface area contributed by atoms with Crippen LogP contribution in [0, 0.1) is 19.7 Å². The molecule has 0 atom stereocenters. The zero-order valence-corrected chi connectivity index (χ0v) is 12.1. The minimum Gasteiger partial charge on any atom is -0.322 e. The lowest BCUT2D eigenvalue weighted by atomic mass is 10.1. The summed E-state index contributed by atoms with van der Waals surface area (Å²) in [6.45, 7) is 3.50. The summed E-state index contributed by atoms with van der Waals surface area (Å²) < 4.78 is 13.6. The van der Waals surface area contributed by atoms with Crippen molar-refractivity contribution in [1.82, 2.24) is 4.98 Å². The highest BCUT2D eigenvalue weighted by molar-refractivity contribution is 9.10. The van der Waals surface area contributed by atoms with Gasteiger partial charge in [0.2, 0.25) is 0 Å². The second-order valence-corrected chi connectivity index (χ2v) is 5.03. The summed E-state index contributed by atoms with van der Waals surface area (Å²) >= 11 is 3.10. The number of carbonyl (C=O) groups excluding carboxylic acids is 1. The number of pyridine rings is 1. The summed E-state index contributed by atoms with van der Waals surface area (Å²) in [5.74, 6) is -0.611. The average molecular weight is 323 g/mol. The highest BCUT2D eigenvalue weighted by Crippen LogP contribution is 2.24. The predicted octanol–water partition coefficient (Wildman–Crippen LogP) is 3.85. The molecular weight excluding hydrogens is 311 g/mol. The van der Waals surface area contributed by atoms with E-state index in [1.165, 1.54) is 6.07 Å². The molecule has 0 radical (unpaired) electrons. The third-order valence-corrected chi connectivity index (χ3v) is 3.37. The van der Waals surface area contributed by atoms with E-state index in [9.17, 15) is 9.18 Å². The monoisotopic (exact) mass is 322 g/mol. The van der Waals surface area contributed by atoms with Crippen molar-refractivity contribution in [2.45, 2.75) is 13.8 Å². The fraction of sp³-hybridized carbons (Fsp3) is 0.143. The van der Waals surface area contributed by atoms with Gasteiger partial charge in [-0.3, -0.25) is 9.78 Å². The molecule has 19 heavy (non-hydrogen) atoms. The Hall–Kier alpha value is -1.75. The Balaban J connectivity index is 2.30. The quantitative estimate of drug-likeness (QED) is 0.912. The zero-order chi connectivity index (χ0) is 14.0. The first-order chi connectivity index (χ1) is 8.99. The summed E-state index contributed by atoms with van der Waals surface area (Å²) in [7, 11) is 0. The van der Waals surface area contributed by atoms with Crippen molar-refractivity contribution in [2.75, 3.05) is 5.32 Å². The molecule has 0 spiro atoms. The van der Waals surface area contributed by atoms with E-state index in [0.717, 1.165) is 0 Å². The van der Waals surface area contributed by atoms with Crippen molar-refractivity contribution in [3.05, 3.63) is 57.6 Å². The van der Waals surface area contributed by atoms with Gasteiger partial charge in [0.1, 0.15) is 5.82 Å². The molecule has 1 aromatic heterocycles. The Morgan fingerprint density at radius 2 is 2.11 bits per heavy atom. The summed E-state index contributed by atoms with van der Waals surface area (Å²) in [6.07, 6.45) is 1.63. The van der Waals surface area contributed by atoms with Gasteiger partial charge in [-0.2, -0.15) is 0 Å². The molecule has 3 nitrogen and oxygen atoms in total. The number of aryl methyl sites for hydroxylation is 2. The van der Waals surface area contributed by atoms with Crippen molar-refractivity contribution >= 4 is 27.5 Å². The number of nitrogens with zero attached hydrogens (tertiary/aromatic N) is 1. The molecule has 1 N–H and O–H groups in total. The molecule has 0 unspecified atom stereocenters. The van der Waals surface area contributed by atoms with Gasteiger partial charge in [-0.05, 0) is 59.6 Å². The number of rotatable bonds is 2. The van der Waals surface area contributed by atoms with Crippen molar-refractivity contribution < 1.29 is 9.18 Å². The highest BCUT2D eigenvalue weighted by atomic mass is 79.9. The third kappa shape index (κ3) is 2.98. The summed E-state index contributed by atoms with van der Waals surface area (Å²) in [5, 5.41) is 2.76. The number of carbonyl (C=O) groups is 1. The molecular formula is C14H12BrFN2O. The van der Waals surface area contributed by atoms with Crippen LogP contribution in [0.5, 0.6) is 0 Å². The number of amides is 1. The first-order valence-corrected chi connectivity index (χ1v) is 6.47. The molecule has 1 amide bonds. The fourth-order valence-electron chi connectivity index (χ4n) is 1.69. The van der Waals surface area contributed by atoms with E-state index in [1.54, 1.807) is 38.2 Å². The van der Waals surface area contributed by atoms with Crippen LogP contribution < -0.4 is 5.32 Å². The molecule has 1 aromatic carbocycles. The minimum absolute atomic E-state index is 0.257. The zero-order valence-electron chi connectivity index (χ0n) is 10.5. The van der Waals surface area contributed by atoms with Crippen LogP contribution in [0.1, 0.15) is 21.6 Å². The van der Waals surface area contributed by atoms with E-state index in [0.29, 0.717) is 27.0 Å². The van der Waals surface area contributed by atoms with Gasteiger partial charge in [0, 0.05) is 17.6 Å². The van der Waals surface area contributed by atoms with E-state index in [4.69, 9.17) is 0 Å². The number of aromatic nitrogens is 1. The number of hydrogen-bond acceptors (Lipinski definition) is 2. The van der Waals surface area contributed by atoms with Crippen LogP contribution in [0.15, 0.2) is 34.9 Å². The van der Waals surface area contributed by atoms with E-state index >= 15 is 0 Å². The van der Waals surface area contributed by atoms with Crippen LogP contribution >= 0.6 is 15.9 Å². The molecule has 2 aromatic rings. The van der Waals surface area contributed by atoms with Crippen molar-refractivity contribution in [2.24, 2.45) is 0 Å². The van der Waals surface area contributed by atoms with Gasteiger partial charge in [0.25, 0.3) is 5.91 Å². The molecule has 0 saturated carbocycles. The highest BCUT2D eigenvalue weighted by Gasteiger charge is 2.12. The lowest BCUT2D eigenvalue weighted by Crippen LogP contribution is -2.14. The maximum atomic E-state index is 13.3. The van der Waals surface area contributed by atoms with Gasteiger partial charge in [-0.15, -0.1) is 0 Å². The molecule has 98 valence electrons. The Morgan fingerprint density at radius 1 is 1.37 bits per heavy atom. The third-order valence-electron chi connectivity index (χ3n) is 2.77. The van der Waals surface area contributed by atoms with Crippen molar-refractivity contribution in [3.63, 3.8) is 0 Å². The van der Waals surface area contributed by atoms with Crippen LogP contribution in [0.3, 0.4) is 0 Å². The predicted molar refractivity (Wildman–Crippen MR) is 75.8 cm³/mol. The van der Waals surface area contributed by atoms with E-state index in [2.05, 4.69) is 26.2 Å². The lowest BCUT2D eigenvalue weighted by molar-refractivity contribution is 0.102. The standard InChI is InChI=1S/C14H12BrFN2O/c1-8-6-12(16)11(15)7-13(8)18-14(19)10-4-3-5-17-9(10)2/h3-7H,1-2H3,(H,18,19). The number of anilines is 1. The Kier molecular flexibility index (Phi) is 3.95. The van der Waals surface area contributed by atoms with Crippen LogP contribution in [0.25, 0.3) is 0 Å². The SMILES string of the molecule is Cc1cc(F)c(Br)cc1NC(=O)c1cccnc1C. The first kappa shape index (κ1) is 13.7. The number of hydrogen-bond donors (Lipinski definition) is 1. The van der Waals surface area contributed by atoms with Crippen molar-refractivity contribution in [1.29, 1.82) is 0 Å². The van der Waals surface area contributed by atoms with E-state index in [1.807, 2.05) is 0 Å². The van der Waals surface area contributed by atoms with E-state index in [-0.39, 0.29) is 11.7 Å². The van der Waals surface area contributed by atoms with Gasteiger partial charge in [0.05, 0.1) is 10.0 Å². The van der Waals surface area contributed by atoms with Gasteiger partial charge < -0.3 is 5.32 Å². The number of benzene rings is 1. The second-order valence-electron chi connectivity index (χ2n) is 4.17. The van der Waals surface area contributed by atoms with Crippen LogP contribution in [0.4, 0.5) is 10.1 Å². The maximum absolute atomic E-state index is 13.3. The van der Waals surface area contributed by atoms with Gasteiger partial charge >= 0.3 is 0 Å². The van der Waals surface area contributed by atoms with Crippen LogP contribution in [-0.2, 0) is 0 Å². The minimum atomic E-state index is -0.354. The smallest absolute Gasteiger partial charge is 0.257 e. The first-order valence-electron chi connectivity index (χ1n) is 5.67. The topological polar surface area (TPSA) is 42.0 Å². The summed E-state index contributed by atoms with van der Waals surface area (Å²) in [4.78, 5) is 16.2. The Bertz CT molecular complexity index is 643.